The summed E-state index contributed by atoms with van der Waals surface area (Å²) >= 11 is 0. The largest absolute Gasteiger partial charge is 0.493 e. The minimum atomic E-state index is 0.0151. The van der Waals surface area contributed by atoms with Gasteiger partial charge in [0.2, 0.25) is 5.91 Å². The first-order valence-electron chi connectivity index (χ1n) is 13.9. The van der Waals surface area contributed by atoms with E-state index in [1.165, 1.54) is 0 Å². The summed E-state index contributed by atoms with van der Waals surface area (Å²) in [5, 5.41) is 3.49. The lowest BCUT2D eigenvalue weighted by Gasteiger charge is -2.33. The molecule has 2 aliphatic heterocycles. The van der Waals surface area contributed by atoms with E-state index in [1.807, 2.05) is 42.0 Å². The second kappa shape index (κ2) is 14.7. The number of methoxy groups -OCH3 is 1. The van der Waals surface area contributed by atoms with Crippen molar-refractivity contribution in [2.24, 2.45) is 11.8 Å². The van der Waals surface area contributed by atoms with Crippen LogP contribution in [0, 0.1) is 18.8 Å². The number of benzene rings is 1. The summed E-state index contributed by atoms with van der Waals surface area (Å²) in [6.07, 6.45) is 4.51. The van der Waals surface area contributed by atoms with Gasteiger partial charge >= 0.3 is 0 Å². The first-order chi connectivity index (χ1) is 17.8. The van der Waals surface area contributed by atoms with Gasteiger partial charge in [-0.1, -0.05) is 6.07 Å². The van der Waals surface area contributed by atoms with Crippen LogP contribution in [-0.4, -0.2) is 93.9 Å². The molecule has 8 heteroatoms. The van der Waals surface area contributed by atoms with E-state index < -0.39 is 0 Å². The number of carbonyl (C=O) groups is 2. The highest BCUT2D eigenvalue weighted by Crippen LogP contribution is 2.25. The summed E-state index contributed by atoms with van der Waals surface area (Å²) in [6.45, 7) is 11.1. The van der Waals surface area contributed by atoms with Crippen LogP contribution < -0.4 is 10.1 Å². The molecule has 2 aliphatic rings. The smallest absolute Gasteiger partial charge is 0.254 e. The summed E-state index contributed by atoms with van der Waals surface area (Å²) in [5.41, 5.74) is 1.65. The van der Waals surface area contributed by atoms with E-state index in [0.29, 0.717) is 44.2 Å². The fourth-order valence-electron chi connectivity index (χ4n) is 5.21. The molecule has 3 atom stereocenters. The minimum absolute atomic E-state index is 0.0151. The zero-order valence-electron chi connectivity index (χ0n) is 23.5. The highest BCUT2D eigenvalue weighted by atomic mass is 16.5. The van der Waals surface area contributed by atoms with Gasteiger partial charge in [0.05, 0.1) is 19.1 Å². The number of nitrogens with zero attached hydrogens (tertiary/aromatic N) is 2. The van der Waals surface area contributed by atoms with Crippen LogP contribution in [0.4, 0.5) is 0 Å². The number of rotatable bonds is 13. The van der Waals surface area contributed by atoms with Crippen LogP contribution in [-0.2, 0) is 14.3 Å². The van der Waals surface area contributed by atoms with E-state index in [2.05, 4.69) is 19.2 Å². The average Bonchev–Trinajstić information content (AvgIpc) is 3.32. The molecule has 37 heavy (non-hydrogen) atoms. The third-order valence-electron chi connectivity index (χ3n) is 7.59. The van der Waals surface area contributed by atoms with Crippen molar-refractivity contribution in [1.29, 1.82) is 0 Å². The molecule has 0 saturated carbocycles. The van der Waals surface area contributed by atoms with Crippen molar-refractivity contribution in [1.82, 2.24) is 15.1 Å². The Balaban J connectivity index is 1.60. The third kappa shape index (κ3) is 8.69. The van der Waals surface area contributed by atoms with E-state index in [4.69, 9.17) is 14.2 Å². The van der Waals surface area contributed by atoms with Gasteiger partial charge in [-0.25, -0.2) is 0 Å². The van der Waals surface area contributed by atoms with Gasteiger partial charge in [0.25, 0.3) is 5.91 Å². The predicted octanol–water partition coefficient (Wildman–Crippen LogP) is 3.51. The summed E-state index contributed by atoms with van der Waals surface area (Å²) in [4.78, 5) is 30.3. The lowest BCUT2D eigenvalue weighted by molar-refractivity contribution is -0.134. The molecule has 1 N–H and O–H groups in total. The minimum Gasteiger partial charge on any atom is -0.493 e. The monoisotopic (exact) mass is 517 g/mol. The lowest BCUT2D eigenvalue weighted by atomic mass is 9.93. The Hall–Kier alpha value is -2.16. The van der Waals surface area contributed by atoms with Crippen LogP contribution >= 0.6 is 0 Å². The first-order valence-corrected chi connectivity index (χ1v) is 13.9. The number of hydrogen-bond acceptors (Lipinski definition) is 6. The molecule has 1 aromatic carbocycles. The molecule has 0 aliphatic carbocycles. The fourth-order valence-corrected chi connectivity index (χ4v) is 5.21. The molecular weight excluding hydrogens is 470 g/mol. The van der Waals surface area contributed by atoms with E-state index in [-0.39, 0.29) is 29.9 Å². The molecule has 0 radical (unpaired) electrons. The Morgan fingerprint density at radius 3 is 2.57 bits per heavy atom. The molecule has 8 nitrogen and oxygen atoms in total. The van der Waals surface area contributed by atoms with Gasteiger partial charge in [0.1, 0.15) is 5.75 Å². The van der Waals surface area contributed by atoms with Gasteiger partial charge in [0.15, 0.2) is 0 Å². The molecule has 2 fully saturated rings. The number of amides is 2. The molecule has 3 rings (SSSR count). The van der Waals surface area contributed by atoms with Crippen LogP contribution in [0.1, 0.15) is 61.9 Å². The SMILES string of the molecule is COCCCOc1cc(C(=O)N(C[C@@H]2CNC[C@H]2CN(C)C(=O)C[C@@H]2CCCCO2)C(C)C)ccc1C. The molecule has 2 saturated heterocycles. The van der Waals surface area contributed by atoms with E-state index >= 15 is 0 Å². The van der Waals surface area contributed by atoms with Crippen LogP contribution in [0.3, 0.4) is 0 Å². The standard InChI is InChI=1S/C29H47N3O5/c1-21(2)32(29(34)23-11-10-22(3)27(15-23)37-14-8-12-35-5)20-25-18-30-17-24(25)19-31(4)28(33)16-26-9-6-7-13-36-26/h10-11,15,21,24-26,30H,6-9,12-14,16-20H2,1-5H3/t24-,25-,26-/m0/s1. The zero-order chi connectivity index (χ0) is 26.8. The molecular formula is C29H47N3O5. The van der Waals surface area contributed by atoms with Crippen molar-refractivity contribution in [3.8, 4) is 5.75 Å². The average molecular weight is 518 g/mol. The van der Waals surface area contributed by atoms with E-state index in [1.54, 1.807) is 7.11 Å². The first kappa shape index (κ1) is 29.4. The van der Waals surface area contributed by atoms with Crippen molar-refractivity contribution in [3.63, 3.8) is 0 Å². The molecule has 0 aromatic heterocycles. The van der Waals surface area contributed by atoms with Gasteiger partial charge < -0.3 is 29.3 Å². The number of ether oxygens (including phenoxy) is 3. The Bertz CT molecular complexity index is 871. The van der Waals surface area contributed by atoms with Crippen molar-refractivity contribution in [2.45, 2.75) is 65.0 Å². The molecule has 0 unspecified atom stereocenters. The summed E-state index contributed by atoms with van der Waals surface area (Å²) < 4.78 is 16.8. The van der Waals surface area contributed by atoms with Crippen molar-refractivity contribution in [2.75, 3.05) is 60.2 Å². The maximum absolute atomic E-state index is 13.6. The fraction of sp³-hybridized carbons (Fsp3) is 0.724. The Morgan fingerprint density at radius 1 is 1.14 bits per heavy atom. The van der Waals surface area contributed by atoms with Crippen LogP contribution in [0.25, 0.3) is 0 Å². The highest BCUT2D eigenvalue weighted by molar-refractivity contribution is 5.95. The maximum atomic E-state index is 13.6. The second-order valence-corrected chi connectivity index (χ2v) is 10.9. The molecule has 1 aromatic rings. The zero-order valence-corrected chi connectivity index (χ0v) is 23.5. The van der Waals surface area contributed by atoms with Gasteiger partial charge in [-0.3, -0.25) is 9.59 Å². The molecule has 2 heterocycles. The Morgan fingerprint density at radius 2 is 1.89 bits per heavy atom. The van der Waals surface area contributed by atoms with E-state index in [9.17, 15) is 9.59 Å². The quantitative estimate of drug-likeness (QED) is 0.404. The van der Waals surface area contributed by atoms with Crippen molar-refractivity contribution < 1.29 is 23.8 Å². The third-order valence-corrected chi connectivity index (χ3v) is 7.59. The van der Waals surface area contributed by atoms with E-state index in [0.717, 1.165) is 56.7 Å². The normalized spacial score (nSPS) is 21.7. The topological polar surface area (TPSA) is 80.3 Å². The predicted molar refractivity (Wildman–Crippen MR) is 145 cm³/mol. The van der Waals surface area contributed by atoms with Crippen LogP contribution in [0.2, 0.25) is 0 Å². The second-order valence-electron chi connectivity index (χ2n) is 10.9. The molecule has 0 bridgehead atoms. The van der Waals surface area contributed by atoms with Gasteiger partial charge in [-0.05, 0) is 69.6 Å². The molecule has 0 spiro atoms. The Kier molecular flexibility index (Phi) is 11.7. The number of aryl methyl sites for hydroxylation is 1. The number of nitrogens with one attached hydrogen (secondary N) is 1. The van der Waals surface area contributed by atoms with Gasteiger partial charge in [-0.2, -0.15) is 0 Å². The van der Waals surface area contributed by atoms with Crippen molar-refractivity contribution >= 4 is 11.8 Å². The highest BCUT2D eigenvalue weighted by Gasteiger charge is 2.33. The van der Waals surface area contributed by atoms with Crippen LogP contribution in [0.5, 0.6) is 5.75 Å². The van der Waals surface area contributed by atoms with Gasteiger partial charge in [-0.15, -0.1) is 0 Å². The lowest BCUT2D eigenvalue weighted by Crippen LogP contribution is -2.44. The van der Waals surface area contributed by atoms with Crippen LogP contribution in [0.15, 0.2) is 18.2 Å². The maximum Gasteiger partial charge on any atom is 0.254 e. The number of hydrogen-bond donors (Lipinski definition) is 1. The number of carbonyl (C=O) groups excluding carboxylic acids is 2. The molecule has 2 amide bonds. The Labute approximate surface area is 223 Å². The van der Waals surface area contributed by atoms with Gasteiger partial charge in [0, 0.05) is 71.6 Å². The van der Waals surface area contributed by atoms with Crippen molar-refractivity contribution in [3.05, 3.63) is 29.3 Å². The molecule has 208 valence electrons. The summed E-state index contributed by atoms with van der Waals surface area (Å²) in [7, 11) is 3.57. The summed E-state index contributed by atoms with van der Waals surface area (Å²) in [5.74, 6) is 1.48. The summed E-state index contributed by atoms with van der Waals surface area (Å²) in [6, 6.07) is 5.76.